The molecule has 2 N–H and O–H groups in total. The van der Waals surface area contributed by atoms with Crippen molar-refractivity contribution in [3.8, 4) is 0 Å². The molecular weight excluding hydrogens is 419 g/mol. The molecule has 1 saturated carbocycles. The van der Waals surface area contributed by atoms with Crippen LogP contribution in [0, 0.1) is 5.92 Å². The maximum atomic E-state index is 13.1. The van der Waals surface area contributed by atoms with E-state index in [-0.39, 0.29) is 35.1 Å². The first-order chi connectivity index (χ1) is 14.1. The van der Waals surface area contributed by atoms with Crippen LogP contribution >= 0.6 is 0 Å². The number of fused-ring (bicyclic) bond motifs is 2. The van der Waals surface area contributed by atoms with Gasteiger partial charge in [-0.25, -0.2) is 17.9 Å². The van der Waals surface area contributed by atoms with E-state index in [0.29, 0.717) is 12.8 Å². The third-order valence-corrected chi connectivity index (χ3v) is 7.14. The van der Waals surface area contributed by atoms with Gasteiger partial charge in [0, 0.05) is 18.6 Å². The number of urea groups is 1. The topological polar surface area (TPSA) is 78.5 Å². The van der Waals surface area contributed by atoms with Gasteiger partial charge in [0.15, 0.2) is 0 Å². The van der Waals surface area contributed by atoms with Crippen molar-refractivity contribution in [3.63, 3.8) is 0 Å². The molecule has 1 saturated heterocycles. The van der Waals surface area contributed by atoms with Crippen molar-refractivity contribution in [1.29, 1.82) is 0 Å². The number of alkyl halides is 3. The van der Waals surface area contributed by atoms with Crippen molar-refractivity contribution in [1.82, 2.24) is 9.62 Å². The van der Waals surface area contributed by atoms with Gasteiger partial charge in [0.2, 0.25) is 10.0 Å². The predicted octanol–water partition coefficient (Wildman–Crippen LogP) is 3.68. The lowest BCUT2D eigenvalue weighted by molar-refractivity contribution is -0.136. The molecule has 6 nitrogen and oxygen atoms in total. The lowest BCUT2D eigenvalue weighted by Gasteiger charge is -2.32. The van der Waals surface area contributed by atoms with E-state index in [0.717, 1.165) is 6.07 Å². The minimum absolute atomic E-state index is 0.0860. The van der Waals surface area contributed by atoms with Crippen LogP contribution in [0.15, 0.2) is 59.5 Å². The number of hydrogen-bond acceptors (Lipinski definition) is 3. The Kier molecular flexibility index (Phi) is 5.23. The fourth-order valence-corrected chi connectivity index (χ4v) is 5.58. The number of nitrogens with zero attached hydrogens (tertiary/aromatic N) is 1. The average Bonchev–Trinajstić information content (AvgIpc) is 3.28. The molecule has 1 heterocycles. The molecule has 2 bridgehead atoms. The summed E-state index contributed by atoms with van der Waals surface area (Å²) in [6.07, 6.45) is -3.55. The van der Waals surface area contributed by atoms with Gasteiger partial charge < -0.3 is 10.2 Å². The zero-order valence-corrected chi connectivity index (χ0v) is 16.6. The molecule has 0 spiro atoms. The number of benzene rings is 2. The normalized spacial score (nSPS) is 23.6. The highest BCUT2D eigenvalue weighted by Gasteiger charge is 2.48. The van der Waals surface area contributed by atoms with Gasteiger partial charge in [-0.15, -0.1) is 0 Å². The van der Waals surface area contributed by atoms with Crippen LogP contribution in [0.2, 0.25) is 0 Å². The minimum Gasteiger partial charge on any atom is -0.321 e. The number of hydrogen-bond donors (Lipinski definition) is 2. The predicted molar refractivity (Wildman–Crippen MR) is 104 cm³/mol. The Morgan fingerprint density at radius 3 is 2.30 bits per heavy atom. The number of rotatable bonds is 4. The van der Waals surface area contributed by atoms with Crippen molar-refractivity contribution < 1.29 is 26.4 Å². The Bertz CT molecular complexity index is 1040. The smallest absolute Gasteiger partial charge is 0.321 e. The highest BCUT2D eigenvalue weighted by atomic mass is 32.2. The highest BCUT2D eigenvalue weighted by Crippen LogP contribution is 2.39. The van der Waals surface area contributed by atoms with Crippen LogP contribution in [0.5, 0.6) is 0 Å². The summed E-state index contributed by atoms with van der Waals surface area (Å²) in [5, 5.41) is 2.36. The molecule has 2 aromatic carbocycles. The number of sulfonamides is 1. The molecule has 3 atom stereocenters. The number of carbonyl (C=O) groups is 1. The van der Waals surface area contributed by atoms with Crippen molar-refractivity contribution in [2.45, 2.75) is 36.0 Å². The van der Waals surface area contributed by atoms with Crippen LogP contribution in [0.1, 0.15) is 18.4 Å². The summed E-state index contributed by atoms with van der Waals surface area (Å²) < 4.78 is 67.2. The zero-order valence-electron chi connectivity index (χ0n) is 15.8. The lowest BCUT2D eigenvalue weighted by Crippen LogP contribution is -2.48. The molecule has 2 fully saturated rings. The quantitative estimate of drug-likeness (QED) is 0.763. The summed E-state index contributed by atoms with van der Waals surface area (Å²) in [6.45, 7) is 0.284. The van der Waals surface area contributed by atoms with Crippen LogP contribution in [-0.4, -0.2) is 38.0 Å². The summed E-state index contributed by atoms with van der Waals surface area (Å²) in [7, 11) is -3.67. The van der Waals surface area contributed by atoms with E-state index in [1.165, 1.54) is 35.2 Å². The second kappa shape index (κ2) is 7.59. The second-order valence-corrected chi connectivity index (χ2v) is 9.27. The Hall–Kier alpha value is -2.59. The van der Waals surface area contributed by atoms with E-state index in [9.17, 15) is 26.4 Å². The first kappa shape index (κ1) is 20.7. The van der Waals surface area contributed by atoms with Crippen LogP contribution in [0.3, 0.4) is 0 Å². The van der Waals surface area contributed by atoms with Gasteiger partial charge >= 0.3 is 12.2 Å². The summed E-state index contributed by atoms with van der Waals surface area (Å²) in [5.74, 6) is -0.0860. The second-order valence-electron chi connectivity index (χ2n) is 7.55. The molecule has 30 heavy (non-hydrogen) atoms. The molecule has 1 aliphatic carbocycles. The van der Waals surface area contributed by atoms with E-state index in [2.05, 4.69) is 10.0 Å². The number of carbonyl (C=O) groups excluding carboxylic acids is 1. The summed E-state index contributed by atoms with van der Waals surface area (Å²) >= 11 is 0. The zero-order chi connectivity index (χ0) is 21.5. The molecule has 2 amide bonds. The van der Waals surface area contributed by atoms with Gasteiger partial charge in [0.1, 0.15) is 0 Å². The maximum Gasteiger partial charge on any atom is 0.418 e. The number of para-hydroxylation sites is 1. The van der Waals surface area contributed by atoms with E-state index >= 15 is 0 Å². The summed E-state index contributed by atoms with van der Waals surface area (Å²) in [5.41, 5.74) is -1.20. The van der Waals surface area contributed by atoms with Gasteiger partial charge in [0.05, 0.1) is 16.1 Å². The van der Waals surface area contributed by atoms with E-state index in [1.807, 2.05) is 0 Å². The standard InChI is InChI=1S/C20H20F3N3O3S/c21-20(22,23)16-8-4-5-9-17(16)24-19(27)26-12-13-10-14(26)11-18(13)25-30(28,29)15-6-2-1-3-7-15/h1-9,13-14,18,25H,10-12H2,(H,24,27). The van der Waals surface area contributed by atoms with Gasteiger partial charge in [-0.3, -0.25) is 0 Å². The van der Waals surface area contributed by atoms with Crippen LogP contribution < -0.4 is 10.0 Å². The van der Waals surface area contributed by atoms with E-state index in [1.54, 1.807) is 18.2 Å². The Labute approximate surface area is 172 Å². The SMILES string of the molecule is O=C(Nc1ccccc1C(F)(F)F)N1CC2CC1CC2NS(=O)(=O)c1ccccc1. The minimum atomic E-state index is -4.57. The fraction of sp³-hybridized carbons (Fsp3) is 0.350. The number of halogens is 3. The van der Waals surface area contributed by atoms with Crippen LogP contribution in [-0.2, 0) is 16.2 Å². The Morgan fingerprint density at radius 1 is 1.00 bits per heavy atom. The van der Waals surface area contributed by atoms with Crippen molar-refractivity contribution in [2.24, 2.45) is 5.92 Å². The summed E-state index contributed by atoms with van der Waals surface area (Å²) in [6, 6.07) is 11.7. The molecule has 0 radical (unpaired) electrons. The number of anilines is 1. The third kappa shape index (κ3) is 4.01. The molecule has 0 aromatic heterocycles. The van der Waals surface area contributed by atoms with Gasteiger partial charge in [-0.05, 0) is 43.0 Å². The molecule has 160 valence electrons. The highest BCUT2D eigenvalue weighted by molar-refractivity contribution is 7.89. The number of piperidine rings is 1. The van der Waals surface area contributed by atoms with E-state index < -0.39 is 27.8 Å². The van der Waals surface area contributed by atoms with Crippen LogP contribution in [0.25, 0.3) is 0 Å². The van der Waals surface area contributed by atoms with Crippen molar-refractivity contribution >= 4 is 21.7 Å². The van der Waals surface area contributed by atoms with E-state index in [4.69, 9.17) is 0 Å². The Balaban J connectivity index is 1.41. The van der Waals surface area contributed by atoms with Crippen LogP contribution in [0.4, 0.5) is 23.7 Å². The monoisotopic (exact) mass is 439 g/mol. The van der Waals surface area contributed by atoms with Gasteiger partial charge in [0.25, 0.3) is 0 Å². The average molecular weight is 439 g/mol. The first-order valence-electron chi connectivity index (χ1n) is 9.46. The summed E-state index contributed by atoms with van der Waals surface area (Å²) in [4.78, 5) is 14.3. The molecule has 4 rings (SSSR count). The number of likely N-dealkylation sites (tertiary alicyclic amines) is 1. The number of nitrogens with one attached hydrogen (secondary N) is 2. The molecular formula is C20H20F3N3O3S. The third-order valence-electron chi connectivity index (χ3n) is 5.64. The van der Waals surface area contributed by atoms with Crippen molar-refractivity contribution in [2.75, 3.05) is 11.9 Å². The molecule has 3 unspecified atom stereocenters. The molecule has 2 aliphatic rings. The van der Waals surface area contributed by atoms with Gasteiger partial charge in [-0.2, -0.15) is 13.2 Å². The van der Waals surface area contributed by atoms with Gasteiger partial charge in [-0.1, -0.05) is 30.3 Å². The number of amides is 2. The molecule has 2 aromatic rings. The van der Waals surface area contributed by atoms with Crippen molar-refractivity contribution in [3.05, 3.63) is 60.2 Å². The largest absolute Gasteiger partial charge is 0.418 e. The fourth-order valence-electron chi connectivity index (χ4n) is 4.24. The maximum absolute atomic E-state index is 13.1. The molecule has 1 aliphatic heterocycles. The first-order valence-corrected chi connectivity index (χ1v) is 10.9. The Morgan fingerprint density at radius 2 is 1.67 bits per heavy atom. The lowest BCUT2D eigenvalue weighted by atomic mass is 10.0. The molecule has 10 heteroatoms.